The molecule has 1 N–H and O–H groups in total. The topological polar surface area (TPSA) is 68.8 Å². The Labute approximate surface area is 193 Å². The third-order valence-corrected chi connectivity index (χ3v) is 7.03. The first-order valence-corrected chi connectivity index (χ1v) is 11.4. The van der Waals surface area contributed by atoms with Crippen LogP contribution in [0.4, 0.5) is 5.00 Å². The zero-order valence-corrected chi connectivity index (χ0v) is 19.4. The number of aromatic hydroxyl groups is 1. The second-order valence-corrected chi connectivity index (χ2v) is 9.30. The first-order valence-electron chi connectivity index (χ1n) is 9.50. The van der Waals surface area contributed by atoms with Crippen LogP contribution in [0.2, 0.25) is 0 Å². The van der Waals surface area contributed by atoms with Crippen LogP contribution in [0.15, 0.2) is 47.5 Å². The molecule has 2 aromatic carbocycles. The highest BCUT2D eigenvalue weighted by Gasteiger charge is 2.24. The van der Waals surface area contributed by atoms with Gasteiger partial charge in [0.05, 0.1) is 16.2 Å². The van der Waals surface area contributed by atoms with Crippen molar-refractivity contribution in [2.24, 2.45) is 4.99 Å². The summed E-state index contributed by atoms with van der Waals surface area (Å²) in [6.45, 7) is 2.68. The van der Waals surface area contributed by atoms with Gasteiger partial charge in [0, 0.05) is 30.7 Å². The normalized spacial score (nSPS) is 13.9. The van der Waals surface area contributed by atoms with Crippen molar-refractivity contribution in [2.45, 2.75) is 19.5 Å². The predicted molar refractivity (Wildman–Crippen MR) is 128 cm³/mol. The minimum atomic E-state index is 0.123. The molecule has 0 radical (unpaired) electrons. The number of benzene rings is 2. The molecule has 5 nitrogen and oxygen atoms in total. The standard InChI is InChI=1S/C23H20IN3O2S/c1-29-20-10-16(9-19(24)22(20)28)12-26-23-18(11-25)17-7-8-27(14-21(17)30-23)13-15-5-3-2-4-6-15/h2-6,9-10,12,28H,7-8,13-14H2,1H3. The Morgan fingerprint density at radius 3 is 2.87 bits per heavy atom. The van der Waals surface area contributed by atoms with Gasteiger partial charge in [-0.1, -0.05) is 30.3 Å². The average Bonchev–Trinajstić information content (AvgIpc) is 3.11. The van der Waals surface area contributed by atoms with Gasteiger partial charge in [0.25, 0.3) is 0 Å². The maximum absolute atomic E-state index is 10.0. The van der Waals surface area contributed by atoms with Gasteiger partial charge >= 0.3 is 0 Å². The fourth-order valence-electron chi connectivity index (χ4n) is 3.58. The summed E-state index contributed by atoms with van der Waals surface area (Å²) in [5.74, 6) is 0.531. The summed E-state index contributed by atoms with van der Waals surface area (Å²) in [4.78, 5) is 8.25. The first kappa shape index (κ1) is 20.8. The van der Waals surface area contributed by atoms with Gasteiger partial charge in [-0.15, -0.1) is 11.3 Å². The van der Waals surface area contributed by atoms with Crippen molar-refractivity contribution < 1.29 is 9.84 Å². The summed E-state index contributed by atoms with van der Waals surface area (Å²) >= 11 is 3.65. The molecule has 1 aliphatic rings. The number of methoxy groups -OCH3 is 1. The van der Waals surface area contributed by atoms with Crippen LogP contribution in [0.5, 0.6) is 11.5 Å². The van der Waals surface area contributed by atoms with Crippen LogP contribution in [0.1, 0.15) is 27.1 Å². The van der Waals surface area contributed by atoms with E-state index < -0.39 is 0 Å². The lowest BCUT2D eigenvalue weighted by molar-refractivity contribution is 0.249. The molecular formula is C23H20IN3O2S. The minimum Gasteiger partial charge on any atom is -0.504 e. The number of hydrogen-bond donors (Lipinski definition) is 1. The molecule has 1 aromatic heterocycles. The summed E-state index contributed by atoms with van der Waals surface area (Å²) in [5.41, 5.74) is 3.94. The lowest BCUT2D eigenvalue weighted by atomic mass is 10.0. The van der Waals surface area contributed by atoms with E-state index in [1.54, 1.807) is 23.6 Å². The smallest absolute Gasteiger partial charge is 0.171 e. The van der Waals surface area contributed by atoms with E-state index in [-0.39, 0.29) is 5.75 Å². The second-order valence-electron chi connectivity index (χ2n) is 7.05. The van der Waals surface area contributed by atoms with E-state index in [9.17, 15) is 10.4 Å². The molecule has 4 rings (SSSR count). The van der Waals surface area contributed by atoms with E-state index in [1.165, 1.54) is 17.6 Å². The molecule has 3 aromatic rings. The van der Waals surface area contributed by atoms with E-state index in [0.29, 0.717) is 14.9 Å². The lowest BCUT2D eigenvalue weighted by Crippen LogP contribution is -2.29. The van der Waals surface area contributed by atoms with Crippen LogP contribution in [0, 0.1) is 14.9 Å². The maximum Gasteiger partial charge on any atom is 0.171 e. The van der Waals surface area contributed by atoms with Crippen molar-refractivity contribution in [3.8, 4) is 17.6 Å². The highest BCUT2D eigenvalue weighted by atomic mass is 127. The number of nitriles is 1. The van der Waals surface area contributed by atoms with Crippen LogP contribution in [0.25, 0.3) is 0 Å². The number of nitrogens with zero attached hydrogens (tertiary/aromatic N) is 3. The molecule has 0 saturated heterocycles. The molecule has 0 unspecified atom stereocenters. The van der Waals surface area contributed by atoms with Crippen molar-refractivity contribution >= 4 is 45.1 Å². The number of phenolic OH excluding ortho intramolecular Hbond substituents is 1. The highest BCUT2D eigenvalue weighted by molar-refractivity contribution is 14.1. The Morgan fingerprint density at radius 1 is 1.33 bits per heavy atom. The summed E-state index contributed by atoms with van der Waals surface area (Å²) in [7, 11) is 1.52. The molecule has 30 heavy (non-hydrogen) atoms. The van der Waals surface area contributed by atoms with Crippen molar-refractivity contribution in [1.29, 1.82) is 5.26 Å². The Kier molecular flexibility index (Phi) is 6.37. The average molecular weight is 529 g/mol. The van der Waals surface area contributed by atoms with E-state index in [2.05, 4.69) is 62.8 Å². The molecule has 0 amide bonds. The van der Waals surface area contributed by atoms with Crippen molar-refractivity contribution in [1.82, 2.24) is 4.90 Å². The SMILES string of the molecule is COc1cc(C=Nc2sc3c(c2C#N)CCN(Cc2ccccc2)C3)cc(I)c1O. The Balaban J connectivity index is 1.57. The maximum atomic E-state index is 10.0. The number of phenols is 1. The number of ether oxygens (including phenoxy) is 1. The molecule has 2 heterocycles. The molecular weight excluding hydrogens is 509 g/mol. The Bertz CT molecular complexity index is 1140. The summed E-state index contributed by atoms with van der Waals surface area (Å²) in [5, 5.41) is 20.5. The first-order chi connectivity index (χ1) is 14.6. The van der Waals surface area contributed by atoms with Crippen LogP contribution in [-0.4, -0.2) is 29.9 Å². The van der Waals surface area contributed by atoms with E-state index in [1.807, 2.05) is 12.1 Å². The van der Waals surface area contributed by atoms with Crippen molar-refractivity contribution in [3.63, 3.8) is 0 Å². The van der Waals surface area contributed by atoms with Crippen LogP contribution < -0.4 is 4.74 Å². The van der Waals surface area contributed by atoms with Crippen LogP contribution in [-0.2, 0) is 19.5 Å². The number of fused-ring (bicyclic) bond motifs is 1. The molecule has 152 valence electrons. The molecule has 7 heteroatoms. The molecule has 0 aliphatic carbocycles. The zero-order valence-electron chi connectivity index (χ0n) is 16.4. The largest absolute Gasteiger partial charge is 0.504 e. The molecule has 0 saturated carbocycles. The van der Waals surface area contributed by atoms with Gasteiger partial charge in [0.15, 0.2) is 11.5 Å². The predicted octanol–water partition coefficient (Wildman–Crippen LogP) is 5.25. The molecule has 0 fully saturated rings. The third kappa shape index (κ3) is 4.36. The highest BCUT2D eigenvalue weighted by Crippen LogP contribution is 2.39. The molecule has 0 bridgehead atoms. The van der Waals surface area contributed by atoms with Gasteiger partial charge in [-0.2, -0.15) is 5.26 Å². The number of thiophene rings is 1. The Morgan fingerprint density at radius 2 is 2.13 bits per heavy atom. The van der Waals surface area contributed by atoms with E-state index in [4.69, 9.17) is 4.74 Å². The van der Waals surface area contributed by atoms with Gasteiger partial charge in [0.1, 0.15) is 11.1 Å². The third-order valence-electron chi connectivity index (χ3n) is 5.08. The number of halogens is 1. The zero-order chi connectivity index (χ0) is 21.1. The molecule has 0 atom stereocenters. The summed E-state index contributed by atoms with van der Waals surface area (Å²) < 4.78 is 5.91. The van der Waals surface area contributed by atoms with Crippen molar-refractivity contribution in [2.75, 3.05) is 13.7 Å². The van der Waals surface area contributed by atoms with Crippen LogP contribution >= 0.6 is 33.9 Å². The summed E-state index contributed by atoms with van der Waals surface area (Å²) in [6, 6.07) is 16.4. The van der Waals surface area contributed by atoms with Gasteiger partial charge in [0.2, 0.25) is 0 Å². The monoisotopic (exact) mass is 529 g/mol. The van der Waals surface area contributed by atoms with Gasteiger partial charge in [-0.25, -0.2) is 4.99 Å². The van der Waals surface area contributed by atoms with E-state index >= 15 is 0 Å². The molecule has 1 aliphatic heterocycles. The number of rotatable bonds is 5. The molecule has 0 spiro atoms. The van der Waals surface area contributed by atoms with Gasteiger partial charge < -0.3 is 9.84 Å². The van der Waals surface area contributed by atoms with Crippen molar-refractivity contribution in [3.05, 3.63) is 73.2 Å². The summed E-state index contributed by atoms with van der Waals surface area (Å²) in [6.07, 6.45) is 2.59. The minimum absolute atomic E-state index is 0.123. The fraction of sp³-hybridized carbons (Fsp3) is 0.217. The second kappa shape index (κ2) is 9.16. The number of hydrogen-bond acceptors (Lipinski definition) is 6. The Hall–Kier alpha value is -2.41. The van der Waals surface area contributed by atoms with Crippen LogP contribution in [0.3, 0.4) is 0 Å². The lowest BCUT2D eigenvalue weighted by Gasteiger charge is -2.26. The fourth-order valence-corrected chi connectivity index (χ4v) is 5.39. The number of aliphatic imine (C=N–C) groups is 1. The quantitative estimate of drug-likeness (QED) is 0.362. The van der Waals surface area contributed by atoms with Gasteiger partial charge in [-0.3, -0.25) is 4.90 Å². The van der Waals surface area contributed by atoms with E-state index in [0.717, 1.165) is 42.2 Å². The van der Waals surface area contributed by atoms with Gasteiger partial charge in [-0.05, 0) is 57.8 Å².